The van der Waals surface area contributed by atoms with E-state index in [1.807, 2.05) is 25.3 Å². The molecule has 2 rings (SSSR count). The summed E-state index contributed by atoms with van der Waals surface area (Å²) in [6.07, 6.45) is 5.96. The van der Waals surface area contributed by atoms with E-state index in [9.17, 15) is 0 Å². The lowest BCUT2D eigenvalue weighted by atomic mass is 10.1. The van der Waals surface area contributed by atoms with Gasteiger partial charge in [-0.3, -0.25) is 4.98 Å². The Bertz CT molecular complexity index is 478. The third-order valence-electron chi connectivity index (χ3n) is 2.49. The second-order valence-corrected chi connectivity index (χ2v) is 3.84. The molecule has 2 aromatic rings. The van der Waals surface area contributed by atoms with Gasteiger partial charge in [0, 0.05) is 11.8 Å². The van der Waals surface area contributed by atoms with E-state index in [1.165, 1.54) is 5.56 Å². The first kappa shape index (κ1) is 10.6. The molecule has 0 bridgehead atoms. The lowest BCUT2D eigenvalue weighted by molar-refractivity contribution is 1.31. The Morgan fingerprint density at radius 1 is 1.00 bits per heavy atom. The second kappa shape index (κ2) is 4.75. The molecule has 1 aromatic heterocycles. The molecule has 0 aliphatic rings. The summed E-state index contributed by atoms with van der Waals surface area (Å²) in [7, 11) is 0. The zero-order chi connectivity index (χ0) is 11.4. The molecule has 0 saturated heterocycles. The third-order valence-corrected chi connectivity index (χ3v) is 2.49. The number of hydrogen-bond acceptors (Lipinski definition) is 1. The minimum Gasteiger partial charge on any atom is -0.256 e. The van der Waals surface area contributed by atoms with Crippen LogP contribution in [0.25, 0.3) is 17.3 Å². The fraction of sp³-hybridized carbons (Fsp3) is 0.133. The highest BCUT2D eigenvalue weighted by atomic mass is 14.7. The van der Waals surface area contributed by atoms with Crippen LogP contribution in [-0.4, -0.2) is 4.98 Å². The van der Waals surface area contributed by atoms with Crippen LogP contribution in [0.2, 0.25) is 0 Å². The van der Waals surface area contributed by atoms with Crippen LogP contribution in [-0.2, 0) is 0 Å². The molecule has 1 heterocycles. The zero-order valence-electron chi connectivity index (χ0n) is 9.64. The third kappa shape index (κ3) is 2.37. The van der Waals surface area contributed by atoms with Crippen LogP contribution < -0.4 is 0 Å². The van der Waals surface area contributed by atoms with Gasteiger partial charge in [-0.15, -0.1) is 0 Å². The van der Waals surface area contributed by atoms with Gasteiger partial charge in [-0.25, -0.2) is 0 Å². The van der Waals surface area contributed by atoms with Crippen molar-refractivity contribution in [2.24, 2.45) is 0 Å². The zero-order valence-corrected chi connectivity index (χ0v) is 9.64. The molecule has 80 valence electrons. The van der Waals surface area contributed by atoms with Crippen molar-refractivity contribution >= 4 is 6.08 Å². The summed E-state index contributed by atoms with van der Waals surface area (Å²) in [5.74, 6) is 0. The van der Waals surface area contributed by atoms with E-state index >= 15 is 0 Å². The van der Waals surface area contributed by atoms with Gasteiger partial charge in [0.2, 0.25) is 0 Å². The van der Waals surface area contributed by atoms with Crippen LogP contribution in [0.1, 0.15) is 18.1 Å². The van der Waals surface area contributed by atoms with Crippen LogP contribution >= 0.6 is 0 Å². The Morgan fingerprint density at radius 2 is 1.75 bits per heavy atom. The average Bonchev–Trinajstić information content (AvgIpc) is 2.32. The molecule has 16 heavy (non-hydrogen) atoms. The van der Waals surface area contributed by atoms with Gasteiger partial charge in [-0.05, 0) is 25.5 Å². The van der Waals surface area contributed by atoms with Crippen LogP contribution in [0.3, 0.4) is 0 Å². The maximum absolute atomic E-state index is 4.45. The van der Waals surface area contributed by atoms with Gasteiger partial charge in [-0.1, -0.05) is 48.0 Å². The van der Waals surface area contributed by atoms with E-state index in [1.54, 1.807) is 0 Å². The molecule has 0 spiro atoms. The fourth-order valence-electron chi connectivity index (χ4n) is 1.59. The summed E-state index contributed by atoms with van der Waals surface area (Å²) < 4.78 is 0. The number of benzene rings is 1. The summed E-state index contributed by atoms with van der Waals surface area (Å²) in [4.78, 5) is 4.45. The Hall–Kier alpha value is -1.89. The molecule has 0 unspecified atom stereocenters. The van der Waals surface area contributed by atoms with Gasteiger partial charge in [0.25, 0.3) is 0 Å². The van der Waals surface area contributed by atoms with Gasteiger partial charge in [0.1, 0.15) is 0 Å². The van der Waals surface area contributed by atoms with Gasteiger partial charge in [-0.2, -0.15) is 0 Å². The van der Waals surface area contributed by atoms with Crippen LogP contribution in [0.4, 0.5) is 0 Å². The highest BCUT2D eigenvalue weighted by molar-refractivity contribution is 5.61. The minimum atomic E-state index is 1.02. The molecule has 0 aliphatic heterocycles. The molecule has 0 N–H and O–H groups in total. The summed E-state index contributed by atoms with van der Waals surface area (Å²) in [6, 6.07) is 12.6. The largest absolute Gasteiger partial charge is 0.256 e. The number of aryl methyl sites for hydroxylation is 1. The molecule has 0 radical (unpaired) electrons. The molecule has 0 saturated carbocycles. The quantitative estimate of drug-likeness (QED) is 0.726. The van der Waals surface area contributed by atoms with Crippen molar-refractivity contribution < 1.29 is 0 Å². The number of hydrogen-bond donors (Lipinski definition) is 0. The Kier molecular flexibility index (Phi) is 3.16. The topological polar surface area (TPSA) is 12.9 Å². The summed E-state index contributed by atoms with van der Waals surface area (Å²) in [5, 5.41) is 0. The van der Waals surface area contributed by atoms with E-state index in [-0.39, 0.29) is 0 Å². The van der Waals surface area contributed by atoms with E-state index in [4.69, 9.17) is 0 Å². The van der Waals surface area contributed by atoms with Gasteiger partial charge < -0.3 is 0 Å². The van der Waals surface area contributed by atoms with Crippen LogP contribution in [0.5, 0.6) is 0 Å². The second-order valence-electron chi connectivity index (χ2n) is 3.84. The Morgan fingerprint density at radius 3 is 2.31 bits per heavy atom. The van der Waals surface area contributed by atoms with Gasteiger partial charge in [0.15, 0.2) is 0 Å². The first-order valence-corrected chi connectivity index (χ1v) is 5.45. The van der Waals surface area contributed by atoms with Crippen molar-refractivity contribution in [3.63, 3.8) is 0 Å². The van der Waals surface area contributed by atoms with E-state index in [0.717, 1.165) is 16.8 Å². The average molecular weight is 209 g/mol. The molecule has 0 aliphatic carbocycles. The van der Waals surface area contributed by atoms with Gasteiger partial charge >= 0.3 is 0 Å². The highest BCUT2D eigenvalue weighted by Gasteiger charge is 1.97. The molecule has 1 nitrogen and oxygen atoms in total. The molecule has 0 amide bonds. The van der Waals surface area contributed by atoms with E-state index in [0.29, 0.717) is 0 Å². The Balaban J connectivity index is 2.31. The van der Waals surface area contributed by atoms with E-state index < -0.39 is 0 Å². The van der Waals surface area contributed by atoms with Crippen LogP contribution in [0.15, 0.2) is 48.7 Å². The lowest BCUT2D eigenvalue weighted by Gasteiger charge is -2.01. The first-order chi connectivity index (χ1) is 7.79. The number of rotatable bonds is 2. The molecule has 1 heteroatoms. The first-order valence-electron chi connectivity index (χ1n) is 5.45. The predicted octanol–water partition coefficient (Wildman–Crippen LogP) is 4.09. The van der Waals surface area contributed by atoms with Crippen molar-refractivity contribution in [1.29, 1.82) is 0 Å². The molecule has 1 aromatic carbocycles. The summed E-state index contributed by atoms with van der Waals surface area (Å²) in [6.45, 7) is 4.10. The van der Waals surface area contributed by atoms with Crippen molar-refractivity contribution in [3.8, 4) is 11.3 Å². The van der Waals surface area contributed by atoms with E-state index in [2.05, 4.69) is 48.3 Å². The monoisotopic (exact) mass is 209 g/mol. The van der Waals surface area contributed by atoms with Crippen molar-refractivity contribution in [2.75, 3.05) is 0 Å². The maximum Gasteiger partial charge on any atom is 0.0702 e. The maximum atomic E-state index is 4.45. The number of nitrogens with zero attached hydrogens (tertiary/aromatic N) is 1. The van der Waals surface area contributed by atoms with Gasteiger partial charge in [0.05, 0.1) is 5.69 Å². The highest BCUT2D eigenvalue weighted by Crippen LogP contribution is 2.17. The normalized spacial score (nSPS) is 10.9. The molecular formula is C15H15N. The van der Waals surface area contributed by atoms with Crippen molar-refractivity contribution in [2.45, 2.75) is 13.8 Å². The summed E-state index contributed by atoms with van der Waals surface area (Å²) in [5.41, 5.74) is 4.60. The predicted molar refractivity (Wildman–Crippen MR) is 69.1 cm³/mol. The number of pyridine rings is 1. The molecular weight excluding hydrogens is 194 g/mol. The smallest absolute Gasteiger partial charge is 0.0702 e. The van der Waals surface area contributed by atoms with Crippen LogP contribution in [0, 0.1) is 6.92 Å². The number of aromatic nitrogens is 1. The standard InChI is InChI=1S/C15H15N/c1-3-4-13-7-10-15(16-11-13)14-8-5-12(2)6-9-14/h3-11H,1-2H3. The summed E-state index contributed by atoms with van der Waals surface area (Å²) >= 11 is 0. The Labute approximate surface area is 96.5 Å². The minimum absolute atomic E-state index is 1.02. The lowest BCUT2D eigenvalue weighted by Crippen LogP contribution is -1.84. The van der Waals surface area contributed by atoms with Crippen molar-refractivity contribution in [1.82, 2.24) is 4.98 Å². The fourth-order valence-corrected chi connectivity index (χ4v) is 1.59. The number of allylic oxidation sites excluding steroid dienone is 1. The molecule has 0 atom stereocenters. The SMILES string of the molecule is CC=Cc1ccc(-c2ccc(C)cc2)nc1. The van der Waals surface area contributed by atoms with Crippen molar-refractivity contribution in [3.05, 3.63) is 59.8 Å². The molecule has 0 fully saturated rings.